The maximum Gasteiger partial charge on any atom is 0.326 e. The van der Waals surface area contributed by atoms with Gasteiger partial charge in [-0.05, 0) is 12.3 Å². The van der Waals surface area contributed by atoms with Crippen molar-refractivity contribution in [1.29, 1.82) is 0 Å². The Labute approximate surface area is 112 Å². The number of rotatable bonds is 6. The number of carboxylic acid groups (broad SMARTS) is 1. The van der Waals surface area contributed by atoms with Gasteiger partial charge in [0.05, 0.1) is 0 Å². The quantitative estimate of drug-likeness (QED) is 0.664. The van der Waals surface area contributed by atoms with Crippen LogP contribution in [0.3, 0.4) is 0 Å². The van der Waals surface area contributed by atoms with Crippen LogP contribution in [0.5, 0.6) is 0 Å². The first-order valence-electron chi connectivity index (χ1n) is 6.32. The summed E-state index contributed by atoms with van der Waals surface area (Å²) in [4.78, 5) is 22.8. The summed E-state index contributed by atoms with van der Waals surface area (Å²) in [5.74, 6) is 1.10. The molecule has 1 heterocycles. The van der Waals surface area contributed by atoms with Gasteiger partial charge in [-0.1, -0.05) is 13.8 Å². The molecule has 0 radical (unpaired) electrons. The zero-order valence-electron chi connectivity index (χ0n) is 10.9. The molecule has 3 N–H and O–H groups in total. The number of nitrogens with one attached hydrogen (secondary N) is 2. The first kappa shape index (κ1) is 15.3. The van der Waals surface area contributed by atoms with Crippen molar-refractivity contribution in [3.8, 4) is 0 Å². The molecular weight excluding hydrogens is 252 g/mol. The van der Waals surface area contributed by atoms with E-state index in [0.717, 1.165) is 18.1 Å². The van der Waals surface area contributed by atoms with Crippen molar-refractivity contribution in [2.45, 2.75) is 38.8 Å². The molecule has 1 saturated heterocycles. The second kappa shape index (κ2) is 7.63. The van der Waals surface area contributed by atoms with Crippen LogP contribution in [0.15, 0.2) is 0 Å². The second-order valence-electron chi connectivity index (χ2n) is 5.02. The fourth-order valence-corrected chi connectivity index (χ4v) is 2.87. The van der Waals surface area contributed by atoms with Crippen LogP contribution in [-0.4, -0.2) is 47.1 Å². The van der Waals surface area contributed by atoms with Gasteiger partial charge >= 0.3 is 5.97 Å². The molecule has 5 nitrogen and oxygen atoms in total. The summed E-state index contributed by atoms with van der Waals surface area (Å²) in [7, 11) is 0. The van der Waals surface area contributed by atoms with Gasteiger partial charge in [0, 0.05) is 30.5 Å². The van der Waals surface area contributed by atoms with Crippen LogP contribution >= 0.6 is 11.8 Å². The standard InChI is InChI=1S/C12H22N2O3S/c1-8(2)5-10(12(16)17)14-11(15)6-9-7-18-4-3-13-9/h8-10,13H,3-7H2,1-2H3,(H,14,15)(H,16,17)/t9?,10-/m1/s1. The molecule has 0 spiro atoms. The maximum atomic E-state index is 11.8. The highest BCUT2D eigenvalue weighted by Gasteiger charge is 2.23. The third-order valence-corrected chi connectivity index (χ3v) is 3.90. The van der Waals surface area contributed by atoms with E-state index in [4.69, 9.17) is 5.11 Å². The lowest BCUT2D eigenvalue weighted by molar-refractivity contribution is -0.142. The molecule has 0 aliphatic carbocycles. The topological polar surface area (TPSA) is 78.4 Å². The van der Waals surface area contributed by atoms with E-state index in [0.29, 0.717) is 12.8 Å². The van der Waals surface area contributed by atoms with Crippen LogP contribution in [0.2, 0.25) is 0 Å². The molecule has 1 unspecified atom stereocenters. The fraction of sp³-hybridized carbons (Fsp3) is 0.833. The molecule has 0 aromatic rings. The number of hydrogen-bond donors (Lipinski definition) is 3. The Balaban J connectivity index is 2.37. The van der Waals surface area contributed by atoms with Crippen LogP contribution in [0.1, 0.15) is 26.7 Å². The third kappa shape index (κ3) is 5.73. The van der Waals surface area contributed by atoms with E-state index >= 15 is 0 Å². The van der Waals surface area contributed by atoms with Crippen molar-refractivity contribution in [2.75, 3.05) is 18.1 Å². The van der Waals surface area contributed by atoms with Crippen molar-refractivity contribution in [1.82, 2.24) is 10.6 Å². The van der Waals surface area contributed by atoms with E-state index in [2.05, 4.69) is 10.6 Å². The van der Waals surface area contributed by atoms with E-state index < -0.39 is 12.0 Å². The molecule has 0 saturated carbocycles. The van der Waals surface area contributed by atoms with Crippen LogP contribution in [0.25, 0.3) is 0 Å². The number of carbonyl (C=O) groups is 2. The third-order valence-electron chi connectivity index (χ3n) is 2.77. The minimum absolute atomic E-state index is 0.164. The largest absolute Gasteiger partial charge is 0.480 e. The molecule has 0 aromatic carbocycles. The number of carboxylic acids is 1. The Morgan fingerprint density at radius 2 is 2.22 bits per heavy atom. The SMILES string of the molecule is CC(C)C[C@@H](NC(=O)CC1CSCCN1)C(=O)O. The van der Waals surface area contributed by atoms with Crippen molar-refractivity contribution in [2.24, 2.45) is 5.92 Å². The molecule has 1 rings (SSSR count). The van der Waals surface area contributed by atoms with E-state index in [1.165, 1.54) is 0 Å². The van der Waals surface area contributed by atoms with Gasteiger partial charge in [-0.2, -0.15) is 11.8 Å². The summed E-state index contributed by atoms with van der Waals surface area (Å²) in [5, 5.41) is 14.9. The highest BCUT2D eigenvalue weighted by Crippen LogP contribution is 2.11. The summed E-state index contributed by atoms with van der Waals surface area (Å²) >= 11 is 1.82. The molecule has 1 amide bonds. The van der Waals surface area contributed by atoms with Crippen LogP contribution in [0, 0.1) is 5.92 Å². The molecule has 0 bridgehead atoms. The normalized spacial score (nSPS) is 21.6. The average Bonchev–Trinajstić information content (AvgIpc) is 2.28. The minimum Gasteiger partial charge on any atom is -0.480 e. The number of aliphatic carboxylic acids is 1. The Morgan fingerprint density at radius 1 is 1.50 bits per heavy atom. The van der Waals surface area contributed by atoms with Crippen LogP contribution in [0.4, 0.5) is 0 Å². The summed E-state index contributed by atoms with van der Waals surface area (Å²) in [6, 6.07) is -0.606. The number of hydrogen-bond acceptors (Lipinski definition) is 4. The fourth-order valence-electron chi connectivity index (χ4n) is 1.92. The summed E-state index contributed by atoms with van der Waals surface area (Å²) in [6.07, 6.45) is 0.822. The van der Waals surface area contributed by atoms with E-state index in [1.807, 2.05) is 25.6 Å². The molecule has 1 aliphatic rings. The highest BCUT2D eigenvalue weighted by molar-refractivity contribution is 7.99. The molecule has 1 fully saturated rings. The van der Waals surface area contributed by atoms with Crippen LogP contribution < -0.4 is 10.6 Å². The molecule has 2 atom stereocenters. The molecule has 0 aromatic heterocycles. The second-order valence-corrected chi connectivity index (χ2v) is 6.17. The molecule has 18 heavy (non-hydrogen) atoms. The smallest absolute Gasteiger partial charge is 0.326 e. The summed E-state index contributed by atoms with van der Waals surface area (Å²) in [5.41, 5.74) is 0. The lowest BCUT2D eigenvalue weighted by atomic mass is 10.0. The van der Waals surface area contributed by atoms with Gasteiger partial charge in [-0.15, -0.1) is 0 Å². The zero-order valence-corrected chi connectivity index (χ0v) is 11.8. The minimum atomic E-state index is -0.956. The van der Waals surface area contributed by atoms with Gasteiger partial charge in [-0.3, -0.25) is 4.79 Å². The predicted molar refractivity (Wildman–Crippen MR) is 72.8 cm³/mol. The van der Waals surface area contributed by atoms with Gasteiger partial charge in [-0.25, -0.2) is 4.79 Å². The van der Waals surface area contributed by atoms with Crippen molar-refractivity contribution >= 4 is 23.6 Å². The molecular formula is C12H22N2O3S. The molecule has 1 aliphatic heterocycles. The van der Waals surface area contributed by atoms with E-state index in [-0.39, 0.29) is 17.9 Å². The summed E-state index contributed by atoms with van der Waals surface area (Å²) < 4.78 is 0. The van der Waals surface area contributed by atoms with Crippen molar-refractivity contribution in [3.63, 3.8) is 0 Å². The Bertz CT molecular complexity index is 291. The van der Waals surface area contributed by atoms with E-state index in [9.17, 15) is 9.59 Å². The lowest BCUT2D eigenvalue weighted by Crippen LogP contribution is -2.46. The lowest BCUT2D eigenvalue weighted by Gasteiger charge is -2.23. The van der Waals surface area contributed by atoms with Gasteiger partial charge in [0.1, 0.15) is 6.04 Å². The molecule has 6 heteroatoms. The van der Waals surface area contributed by atoms with Crippen LogP contribution in [-0.2, 0) is 9.59 Å². The zero-order chi connectivity index (χ0) is 13.5. The Hall–Kier alpha value is -0.750. The monoisotopic (exact) mass is 274 g/mol. The Kier molecular flexibility index (Phi) is 6.49. The van der Waals surface area contributed by atoms with Gasteiger partial charge in [0.25, 0.3) is 0 Å². The van der Waals surface area contributed by atoms with Gasteiger partial charge < -0.3 is 15.7 Å². The van der Waals surface area contributed by atoms with E-state index in [1.54, 1.807) is 0 Å². The first-order chi connectivity index (χ1) is 8.49. The number of carbonyl (C=O) groups excluding carboxylic acids is 1. The van der Waals surface area contributed by atoms with Gasteiger partial charge in [0.2, 0.25) is 5.91 Å². The Morgan fingerprint density at radius 3 is 2.72 bits per heavy atom. The average molecular weight is 274 g/mol. The number of thioether (sulfide) groups is 1. The molecule has 104 valence electrons. The number of amides is 1. The predicted octanol–water partition coefficient (Wildman–Crippen LogP) is 0.697. The highest BCUT2D eigenvalue weighted by atomic mass is 32.2. The van der Waals surface area contributed by atoms with Gasteiger partial charge in [0.15, 0.2) is 0 Å². The van der Waals surface area contributed by atoms with Crippen molar-refractivity contribution in [3.05, 3.63) is 0 Å². The van der Waals surface area contributed by atoms with Crippen molar-refractivity contribution < 1.29 is 14.7 Å². The summed E-state index contributed by atoms with van der Waals surface area (Å²) in [6.45, 7) is 4.81. The first-order valence-corrected chi connectivity index (χ1v) is 7.47. The maximum absolute atomic E-state index is 11.8.